The Morgan fingerprint density at radius 3 is 2.42 bits per heavy atom. The van der Waals surface area contributed by atoms with Crippen LogP contribution in [0.2, 0.25) is 0 Å². The van der Waals surface area contributed by atoms with Crippen molar-refractivity contribution in [2.24, 2.45) is 0 Å². The van der Waals surface area contributed by atoms with E-state index in [1.807, 2.05) is 49.4 Å². The molecular weight excluding hydrogens is 480 g/mol. The molecule has 1 amide bonds. The molecule has 38 heavy (non-hydrogen) atoms. The third-order valence-electron chi connectivity index (χ3n) is 6.79. The molecule has 1 atom stereocenters. The molecule has 3 aromatic carbocycles. The van der Waals surface area contributed by atoms with Gasteiger partial charge in [0, 0.05) is 23.7 Å². The van der Waals surface area contributed by atoms with E-state index in [1.165, 1.54) is 6.07 Å². The second-order valence-corrected chi connectivity index (χ2v) is 9.35. The normalized spacial score (nSPS) is 11.9. The van der Waals surface area contributed by atoms with Crippen LogP contribution in [0.5, 0.6) is 0 Å². The molecule has 196 valence electrons. The van der Waals surface area contributed by atoms with Gasteiger partial charge in [0.15, 0.2) is 0 Å². The third-order valence-corrected chi connectivity index (χ3v) is 6.79. The van der Waals surface area contributed by atoms with Gasteiger partial charge in [-0.25, -0.2) is 4.98 Å². The number of nitro benzene ring substituents is 1. The molecule has 0 aliphatic carbocycles. The highest BCUT2D eigenvalue weighted by atomic mass is 16.6. The second kappa shape index (κ2) is 11.8. The Morgan fingerprint density at radius 2 is 1.74 bits per heavy atom. The number of rotatable bonds is 10. The first-order chi connectivity index (χ1) is 18.4. The maximum absolute atomic E-state index is 14.0. The molecule has 8 heteroatoms. The van der Waals surface area contributed by atoms with E-state index in [1.54, 1.807) is 40.7 Å². The highest BCUT2D eigenvalue weighted by Crippen LogP contribution is 2.29. The lowest BCUT2D eigenvalue weighted by molar-refractivity contribution is -0.385. The summed E-state index contributed by atoms with van der Waals surface area (Å²) in [4.78, 5) is 45.5. The maximum Gasteiger partial charge on any atom is 0.273 e. The van der Waals surface area contributed by atoms with E-state index in [9.17, 15) is 19.7 Å². The minimum Gasteiger partial charge on any atom is -0.328 e. The summed E-state index contributed by atoms with van der Waals surface area (Å²) < 4.78 is 1.59. The number of carbonyl (C=O) groups excluding carboxylic acids is 1. The molecule has 4 aromatic rings. The number of amides is 1. The summed E-state index contributed by atoms with van der Waals surface area (Å²) in [5.74, 6) is 0.145. The molecule has 0 radical (unpaired) electrons. The second-order valence-electron chi connectivity index (χ2n) is 9.35. The fourth-order valence-corrected chi connectivity index (χ4v) is 4.78. The molecule has 1 unspecified atom stereocenters. The van der Waals surface area contributed by atoms with Crippen LogP contribution in [0, 0.1) is 17.0 Å². The largest absolute Gasteiger partial charge is 0.328 e. The number of aromatic nitrogens is 2. The van der Waals surface area contributed by atoms with Gasteiger partial charge >= 0.3 is 0 Å². The third kappa shape index (κ3) is 5.34. The number of hydrogen-bond donors (Lipinski definition) is 0. The Bertz CT molecular complexity index is 1510. The predicted octanol–water partition coefficient (Wildman–Crippen LogP) is 6.39. The molecule has 8 nitrogen and oxygen atoms in total. The van der Waals surface area contributed by atoms with Gasteiger partial charge in [0.1, 0.15) is 5.82 Å². The van der Waals surface area contributed by atoms with Crippen LogP contribution in [0.15, 0.2) is 77.6 Å². The van der Waals surface area contributed by atoms with E-state index >= 15 is 0 Å². The lowest BCUT2D eigenvalue weighted by Gasteiger charge is -2.32. The van der Waals surface area contributed by atoms with Crippen LogP contribution in [0.25, 0.3) is 16.6 Å². The van der Waals surface area contributed by atoms with Crippen molar-refractivity contribution in [3.8, 4) is 5.69 Å². The number of fused-ring (bicyclic) bond motifs is 1. The Balaban J connectivity index is 1.91. The van der Waals surface area contributed by atoms with Crippen LogP contribution in [0.4, 0.5) is 5.69 Å². The summed E-state index contributed by atoms with van der Waals surface area (Å²) in [6, 6.07) is 20.5. The molecular formula is C30H32N4O4. The molecule has 0 fully saturated rings. The van der Waals surface area contributed by atoms with E-state index < -0.39 is 11.0 Å². The number of para-hydroxylation sites is 2. The monoisotopic (exact) mass is 512 g/mol. The number of carbonyl (C=O) groups is 1. The predicted molar refractivity (Wildman–Crippen MR) is 149 cm³/mol. The Morgan fingerprint density at radius 1 is 1.03 bits per heavy atom. The molecule has 0 N–H and O–H groups in total. The highest BCUT2D eigenvalue weighted by molar-refractivity contribution is 5.95. The van der Waals surface area contributed by atoms with E-state index in [0.717, 1.165) is 19.3 Å². The van der Waals surface area contributed by atoms with Crippen molar-refractivity contribution in [3.05, 3.63) is 110 Å². The van der Waals surface area contributed by atoms with Gasteiger partial charge in [-0.15, -0.1) is 0 Å². The van der Waals surface area contributed by atoms with Crippen LogP contribution in [-0.2, 0) is 0 Å². The number of hydrogen-bond acceptors (Lipinski definition) is 5. The van der Waals surface area contributed by atoms with Gasteiger partial charge in [-0.1, -0.05) is 63.1 Å². The van der Waals surface area contributed by atoms with Crippen molar-refractivity contribution in [3.63, 3.8) is 0 Å². The highest BCUT2D eigenvalue weighted by Gasteiger charge is 2.30. The first-order valence-electron chi connectivity index (χ1n) is 13.0. The molecule has 4 rings (SSSR count). The standard InChI is InChI=1S/C30H32N4O4/c1-4-6-12-19-32(29(35)22-18-17-21(3)27(20-22)34(37)38)26(5-2)28-31-25-16-11-10-15-24(25)30(36)33(28)23-13-8-7-9-14-23/h7-11,13-18,20,26H,4-6,12,19H2,1-3H3. The van der Waals surface area contributed by atoms with E-state index in [2.05, 4.69) is 6.92 Å². The first kappa shape index (κ1) is 26.7. The van der Waals surface area contributed by atoms with E-state index in [0.29, 0.717) is 40.9 Å². The average Bonchev–Trinajstić information content (AvgIpc) is 2.93. The van der Waals surface area contributed by atoms with Gasteiger partial charge in [-0.05, 0) is 50.1 Å². The summed E-state index contributed by atoms with van der Waals surface area (Å²) in [5, 5.41) is 12.1. The van der Waals surface area contributed by atoms with Crippen molar-refractivity contribution in [1.29, 1.82) is 0 Å². The summed E-state index contributed by atoms with van der Waals surface area (Å²) in [7, 11) is 0. The van der Waals surface area contributed by atoms with E-state index in [4.69, 9.17) is 4.98 Å². The van der Waals surface area contributed by atoms with Crippen molar-refractivity contribution in [2.75, 3.05) is 6.54 Å². The molecule has 1 heterocycles. The Labute approximate surface area is 221 Å². The van der Waals surface area contributed by atoms with Crippen LogP contribution >= 0.6 is 0 Å². The minimum atomic E-state index is -0.530. The summed E-state index contributed by atoms with van der Waals surface area (Å²) in [6.07, 6.45) is 3.15. The zero-order valence-electron chi connectivity index (χ0n) is 22.0. The summed E-state index contributed by atoms with van der Waals surface area (Å²) in [6.45, 7) is 6.13. The number of benzene rings is 3. The smallest absolute Gasteiger partial charge is 0.273 e. The SMILES string of the molecule is CCCCCN(C(=O)c1ccc(C)c([N+](=O)[O-])c1)C(CC)c1nc2ccccc2c(=O)n1-c1ccccc1. The molecule has 0 spiro atoms. The van der Waals surface area contributed by atoms with Crippen molar-refractivity contribution >= 4 is 22.5 Å². The molecule has 0 saturated carbocycles. The maximum atomic E-state index is 14.0. The van der Waals surface area contributed by atoms with E-state index in [-0.39, 0.29) is 22.7 Å². The number of nitrogens with zero attached hydrogens (tertiary/aromatic N) is 4. The Kier molecular flexibility index (Phi) is 8.31. The minimum absolute atomic E-state index is 0.0950. The summed E-state index contributed by atoms with van der Waals surface area (Å²) in [5.41, 5.74) is 1.66. The number of nitro groups is 1. The Hall–Kier alpha value is -4.33. The first-order valence-corrected chi connectivity index (χ1v) is 13.0. The van der Waals surface area contributed by atoms with Crippen LogP contribution < -0.4 is 5.56 Å². The van der Waals surface area contributed by atoms with Crippen LogP contribution in [0.1, 0.15) is 67.3 Å². The van der Waals surface area contributed by atoms with Crippen LogP contribution in [0.3, 0.4) is 0 Å². The fraction of sp³-hybridized carbons (Fsp3) is 0.300. The number of aryl methyl sites for hydroxylation is 1. The van der Waals surface area contributed by atoms with Gasteiger partial charge in [0.05, 0.1) is 27.6 Å². The van der Waals surface area contributed by atoms with Crippen molar-refractivity contribution < 1.29 is 9.72 Å². The lowest BCUT2D eigenvalue weighted by Crippen LogP contribution is -2.39. The molecule has 0 bridgehead atoms. The lowest BCUT2D eigenvalue weighted by atomic mass is 10.0. The van der Waals surface area contributed by atoms with Crippen LogP contribution in [-0.4, -0.2) is 31.8 Å². The molecule has 0 saturated heterocycles. The van der Waals surface area contributed by atoms with Crippen molar-refractivity contribution in [2.45, 2.75) is 52.5 Å². The van der Waals surface area contributed by atoms with Gasteiger partial charge in [-0.2, -0.15) is 0 Å². The number of unbranched alkanes of at least 4 members (excludes halogenated alkanes) is 2. The fourth-order valence-electron chi connectivity index (χ4n) is 4.78. The van der Waals surface area contributed by atoms with Gasteiger partial charge in [-0.3, -0.25) is 24.3 Å². The topological polar surface area (TPSA) is 98.3 Å². The van der Waals surface area contributed by atoms with Gasteiger partial charge in [0.25, 0.3) is 17.2 Å². The van der Waals surface area contributed by atoms with Gasteiger partial charge in [0.2, 0.25) is 0 Å². The molecule has 0 aliphatic rings. The zero-order chi connectivity index (χ0) is 27.2. The van der Waals surface area contributed by atoms with Gasteiger partial charge < -0.3 is 4.90 Å². The quantitative estimate of drug-likeness (QED) is 0.139. The summed E-state index contributed by atoms with van der Waals surface area (Å²) >= 11 is 0. The molecule has 1 aromatic heterocycles. The average molecular weight is 513 g/mol. The molecule has 0 aliphatic heterocycles. The van der Waals surface area contributed by atoms with Crippen molar-refractivity contribution in [1.82, 2.24) is 14.5 Å². The zero-order valence-corrected chi connectivity index (χ0v) is 22.0.